The summed E-state index contributed by atoms with van der Waals surface area (Å²) in [6.07, 6.45) is 6.45. The Balaban J connectivity index is 1.98. The lowest BCUT2D eigenvalue weighted by atomic mass is 10.1. The molecular weight excluding hydrogens is 260 g/mol. The normalized spacial score (nSPS) is 15.8. The van der Waals surface area contributed by atoms with Crippen LogP contribution in [0.2, 0.25) is 5.28 Å². The second-order valence-electron chi connectivity index (χ2n) is 3.99. The molecule has 1 aliphatic carbocycles. The first-order valence-electron chi connectivity index (χ1n) is 5.44. The minimum absolute atomic E-state index is 0.364. The molecule has 0 aliphatic heterocycles. The van der Waals surface area contributed by atoms with E-state index in [-0.39, 0.29) is 0 Å². The van der Waals surface area contributed by atoms with E-state index in [2.05, 4.69) is 15.4 Å². The molecule has 0 atom stereocenters. The van der Waals surface area contributed by atoms with Crippen LogP contribution in [-0.4, -0.2) is 9.36 Å². The zero-order chi connectivity index (χ0) is 11.0. The number of aryl methyl sites for hydroxylation is 2. The number of rotatable bonds is 1. The van der Waals surface area contributed by atoms with Crippen LogP contribution < -0.4 is 0 Å². The van der Waals surface area contributed by atoms with Crippen molar-refractivity contribution in [1.82, 2.24) is 9.36 Å². The van der Waals surface area contributed by atoms with E-state index in [0.717, 1.165) is 5.01 Å². The van der Waals surface area contributed by atoms with E-state index in [1.807, 2.05) is 11.3 Å². The summed E-state index contributed by atoms with van der Waals surface area (Å²) < 4.78 is 4.02. The molecule has 0 amide bonds. The van der Waals surface area contributed by atoms with E-state index >= 15 is 0 Å². The first-order valence-corrected chi connectivity index (χ1v) is 7.41. The number of halogens is 1. The van der Waals surface area contributed by atoms with Crippen LogP contribution in [0, 0.1) is 0 Å². The fourth-order valence-electron chi connectivity index (χ4n) is 2.08. The number of thiophene rings is 1. The van der Waals surface area contributed by atoms with E-state index in [1.54, 1.807) is 4.88 Å². The number of nitrogens with zero attached hydrogens (tertiary/aromatic N) is 2. The van der Waals surface area contributed by atoms with Crippen molar-refractivity contribution in [3.05, 3.63) is 21.8 Å². The van der Waals surface area contributed by atoms with Crippen molar-refractivity contribution in [3.63, 3.8) is 0 Å². The molecule has 16 heavy (non-hydrogen) atoms. The average Bonchev–Trinajstić information content (AvgIpc) is 2.81. The largest absolute Gasteiger partial charge is 0.234 e. The van der Waals surface area contributed by atoms with Crippen LogP contribution in [0.1, 0.15) is 29.7 Å². The molecule has 0 aromatic carbocycles. The summed E-state index contributed by atoms with van der Waals surface area (Å²) in [6.45, 7) is 0. The summed E-state index contributed by atoms with van der Waals surface area (Å²) in [5.74, 6) is 0. The lowest BCUT2D eigenvalue weighted by Crippen LogP contribution is -1.80. The number of hydrogen-bond donors (Lipinski definition) is 0. The quantitative estimate of drug-likeness (QED) is 0.726. The van der Waals surface area contributed by atoms with Gasteiger partial charge in [-0.15, -0.1) is 11.3 Å². The van der Waals surface area contributed by atoms with Crippen molar-refractivity contribution >= 4 is 34.5 Å². The Morgan fingerprint density at radius 3 is 2.88 bits per heavy atom. The molecule has 2 nitrogen and oxygen atoms in total. The van der Waals surface area contributed by atoms with Crippen molar-refractivity contribution < 1.29 is 0 Å². The molecule has 0 unspecified atom stereocenters. The maximum absolute atomic E-state index is 5.76. The minimum atomic E-state index is 0.364. The first-order chi connectivity index (χ1) is 7.83. The van der Waals surface area contributed by atoms with E-state index in [4.69, 9.17) is 11.6 Å². The lowest BCUT2D eigenvalue weighted by molar-refractivity contribution is 0.713. The van der Waals surface area contributed by atoms with E-state index < -0.39 is 0 Å². The van der Waals surface area contributed by atoms with Crippen LogP contribution in [0.5, 0.6) is 0 Å². The molecule has 5 heteroatoms. The number of fused-ring (bicyclic) bond motifs is 1. The van der Waals surface area contributed by atoms with Gasteiger partial charge in [0.25, 0.3) is 0 Å². The highest BCUT2D eigenvalue weighted by atomic mass is 35.5. The summed E-state index contributed by atoms with van der Waals surface area (Å²) in [5, 5.41) is 1.33. The van der Waals surface area contributed by atoms with Crippen molar-refractivity contribution in [1.29, 1.82) is 0 Å². The molecule has 0 fully saturated rings. The molecule has 0 spiro atoms. The van der Waals surface area contributed by atoms with Gasteiger partial charge in [0.05, 0.1) is 4.88 Å². The third-order valence-corrected chi connectivity index (χ3v) is 5.25. The van der Waals surface area contributed by atoms with Crippen LogP contribution >= 0.6 is 34.5 Å². The molecule has 0 bridgehead atoms. The minimum Gasteiger partial charge on any atom is -0.204 e. The number of hydrogen-bond acceptors (Lipinski definition) is 4. The molecule has 0 saturated carbocycles. The second kappa shape index (κ2) is 4.43. The highest BCUT2D eigenvalue weighted by molar-refractivity contribution is 7.19. The van der Waals surface area contributed by atoms with Gasteiger partial charge in [0.1, 0.15) is 0 Å². The smallest absolute Gasteiger partial charge is 0.204 e. The Bertz CT molecular complexity index is 480. The van der Waals surface area contributed by atoms with Gasteiger partial charge < -0.3 is 0 Å². The molecule has 0 N–H and O–H groups in total. The molecule has 1 aliphatic rings. The second-order valence-corrected chi connectivity index (χ2v) is 6.21. The Morgan fingerprint density at radius 2 is 2.06 bits per heavy atom. The highest BCUT2D eigenvalue weighted by Gasteiger charge is 2.15. The fourth-order valence-corrected chi connectivity index (χ4v) is 4.17. The monoisotopic (exact) mass is 270 g/mol. The summed E-state index contributed by atoms with van der Waals surface area (Å²) in [6, 6.07) is 2.28. The SMILES string of the molecule is Clc1nsc(-c2cc3c(s2)CCCCC3)n1. The van der Waals surface area contributed by atoms with Crippen LogP contribution in [0.25, 0.3) is 9.88 Å². The van der Waals surface area contributed by atoms with Gasteiger partial charge in [-0.3, -0.25) is 0 Å². The molecule has 84 valence electrons. The van der Waals surface area contributed by atoms with Crippen LogP contribution in [0.15, 0.2) is 6.07 Å². The van der Waals surface area contributed by atoms with E-state index in [9.17, 15) is 0 Å². The summed E-state index contributed by atoms with van der Waals surface area (Å²) >= 11 is 9.01. The van der Waals surface area contributed by atoms with Gasteiger partial charge in [-0.25, -0.2) is 4.98 Å². The van der Waals surface area contributed by atoms with Gasteiger partial charge in [0.2, 0.25) is 5.28 Å². The van der Waals surface area contributed by atoms with Crippen molar-refractivity contribution in [3.8, 4) is 9.88 Å². The molecule has 0 saturated heterocycles. The van der Waals surface area contributed by atoms with Crippen molar-refractivity contribution in [2.75, 3.05) is 0 Å². The Morgan fingerprint density at radius 1 is 1.19 bits per heavy atom. The van der Waals surface area contributed by atoms with Crippen molar-refractivity contribution in [2.24, 2.45) is 0 Å². The first kappa shape index (κ1) is 10.7. The molecular formula is C11H11ClN2S2. The Labute approximate surface area is 107 Å². The third-order valence-electron chi connectivity index (χ3n) is 2.86. The molecule has 3 rings (SSSR count). The maximum Gasteiger partial charge on any atom is 0.234 e. The molecule has 0 radical (unpaired) electrons. The van der Waals surface area contributed by atoms with E-state index in [0.29, 0.717) is 5.28 Å². The summed E-state index contributed by atoms with van der Waals surface area (Å²) in [4.78, 5) is 7.00. The highest BCUT2D eigenvalue weighted by Crippen LogP contribution is 2.36. The summed E-state index contributed by atoms with van der Waals surface area (Å²) in [7, 11) is 0. The molecule has 2 aromatic rings. The molecule has 2 heterocycles. The number of aromatic nitrogens is 2. The fraction of sp³-hybridized carbons (Fsp3) is 0.455. The maximum atomic E-state index is 5.76. The van der Waals surface area contributed by atoms with Gasteiger partial charge in [-0.05, 0) is 60.4 Å². The topological polar surface area (TPSA) is 25.8 Å². The van der Waals surface area contributed by atoms with Gasteiger partial charge in [-0.1, -0.05) is 6.42 Å². The third kappa shape index (κ3) is 2.01. The van der Waals surface area contributed by atoms with Gasteiger partial charge in [-0.2, -0.15) is 4.37 Å². The Hall–Kier alpha value is -0.450. The zero-order valence-corrected chi connectivity index (χ0v) is 11.1. The standard InChI is InChI=1S/C11H11ClN2S2/c12-11-13-10(16-14-11)9-6-7-4-2-1-3-5-8(7)15-9/h6H,1-5H2. The molecule has 2 aromatic heterocycles. The lowest BCUT2D eigenvalue weighted by Gasteiger charge is -1.92. The van der Waals surface area contributed by atoms with Crippen LogP contribution in [0.4, 0.5) is 0 Å². The zero-order valence-electron chi connectivity index (χ0n) is 8.70. The summed E-state index contributed by atoms with van der Waals surface area (Å²) in [5.41, 5.74) is 1.52. The van der Waals surface area contributed by atoms with Crippen LogP contribution in [-0.2, 0) is 12.8 Å². The average molecular weight is 271 g/mol. The Kier molecular flexibility index (Phi) is 2.96. The van der Waals surface area contributed by atoms with Crippen LogP contribution in [0.3, 0.4) is 0 Å². The van der Waals surface area contributed by atoms with E-state index in [1.165, 1.54) is 54.1 Å². The predicted octanol–water partition coefficient (Wildman–Crippen LogP) is 4.19. The van der Waals surface area contributed by atoms with Crippen molar-refractivity contribution in [2.45, 2.75) is 32.1 Å². The van der Waals surface area contributed by atoms with Gasteiger partial charge >= 0.3 is 0 Å². The van der Waals surface area contributed by atoms with Gasteiger partial charge in [0.15, 0.2) is 5.01 Å². The predicted molar refractivity (Wildman–Crippen MR) is 69.5 cm³/mol. The van der Waals surface area contributed by atoms with Gasteiger partial charge in [0, 0.05) is 4.88 Å².